The number of furan rings is 2. The van der Waals surface area contributed by atoms with Crippen molar-refractivity contribution in [2.24, 2.45) is 5.92 Å². The number of nitrogens with one attached hydrogen (secondary N) is 1. The fourth-order valence-electron chi connectivity index (χ4n) is 3.49. The maximum absolute atomic E-state index is 12.6. The molecule has 2 amide bonds. The predicted octanol–water partition coefficient (Wildman–Crippen LogP) is 4.36. The molecule has 1 N–H and O–H groups in total. The standard InChI is InChI=1S/C22H21ClN2O4/c23-17-7-5-15(6-8-17)19-10-9-18(29-19)13-24-21(26)16-3-1-11-25(14-16)22(27)20-4-2-12-28-20/h2,4-10,12,16H,1,3,11,13-14H2,(H,24,26)/t16-/m0/s1. The van der Waals surface area contributed by atoms with Gasteiger partial charge in [-0.05, 0) is 61.4 Å². The SMILES string of the molecule is O=C(NCc1ccc(-c2ccc(Cl)cc2)o1)[C@H]1CCCN(C(=O)c2ccco2)C1. The number of hydrogen-bond donors (Lipinski definition) is 1. The summed E-state index contributed by atoms with van der Waals surface area (Å²) in [6, 6.07) is 14.4. The molecule has 3 heterocycles. The number of carbonyl (C=O) groups is 2. The van der Waals surface area contributed by atoms with Gasteiger partial charge >= 0.3 is 0 Å². The molecule has 4 rings (SSSR count). The van der Waals surface area contributed by atoms with Crippen LogP contribution in [0.2, 0.25) is 5.02 Å². The van der Waals surface area contributed by atoms with Crippen LogP contribution in [0.3, 0.4) is 0 Å². The second-order valence-electron chi connectivity index (χ2n) is 7.06. The summed E-state index contributed by atoms with van der Waals surface area (Å²) in [5.74, 6) is 1.20. The Morgan fingerprint density at radius 2 is 1.97 bits per heavy atom. The Labute approximate surface area is 173 Å². The largest absolute Gasteiger partial charge is 0.459 e. The van der Waals surface area contributed by atoms with E-state index in [0.717, 1.165) is 24.2 Å². The average molecular weight is 413 g/mol. The van der Waals surface area contributed by atoms with Gasteiger partial charge in [0.2, 0.25) is 5.91 Å². The smallest absolute Gasteiger partial charge is 0.289 e. The van der Waals surface area contributed by atoms with Gasteiger partial charge in [0.1, 0.15) is 11.5 Å². The topological polar surface area (TPSA) is 75.7 Å². The van der Waals surface area contributed by atoms with Crippen LogP contribution in [-0.4, -0.2) is 29.8 Å². The molecule has 0 unspecified atom stereocenters. The van der Waals surface area contributed by atoms with E-state index in [1.807, 2.05) is 24.3 Å². The molecule has 150 valence electrons. The summed E-state index contributed by atoms with van der Waals surface area (Å²) in [6.45, 7) is 1.32. The van der Waals surface area contributed by atoms with Gasteiger partial charge in [-0.15, -0.1) is 0 Å². The van der Waals surface area contributed by atoms with Crippen molar-refractivity contribution >= 4 is 23.4 Å². The molecule has 1 aliphatic heterocycles. The van der Waals surface area contributed by atoms with Gasteiger partial charge in [-0.3, -0.25) is 9.59 Å². The fraction of sp³-hybridized carbons (Fsp3) is 0.273. The van der Waals surface area contributed by atoms with E-state index in [-0.39, 0.29) is 17.7 Å². The Morgan fingerprint density at radius 1 is 1.14 bits per heavy atom. The third-order valence-corrected chi connectivity index (χ3v) is 5.29. The van der Waals surface area contributed by atoms with Crippen molar-refractivity contribution in [3.8, 4) is 11.3 Å². The molecular weight excluding hydrogens is 392 g/mol. The lowest BCUT2D eigenvalue weighted by Crippen LogP contribution is -2.45. The van der Waals surface area contributed by atoms with Crippen molar-refractivity contribution in [2.45, 2.75) is 19.4 Å². The van der Waals surface area contributed by atoms with E-state index in [0.29, 0.717) is 36.2 Å². The first-order chi connectivity index (χ1) is 14.1. The molecule has 0 saturated carbocycles. The molecule has 2 aromatic heterocycles. The van der Waals surface area contributed by atoms with E-state index < -0.39 is 0 Å². The van der Waals surface area contributed by atoms with Crippen LogP contribution >= 0.6 is 11.6 Å². The van der Waals surface area contributed by atoms with Crippen LogP contribution in [0.4, 0.5) is 0 Å². The first-order valence-electron chi connectivity index (χ1n) is 9.55. The minimum absolute atomic E-state index is 0.0774. The number of benzene rings is 1. The van der Waals surface area contributed by atoms with Crippen LogP contribution in [0, 0.1) is 5.92 Å². The summed E-state index contributed by atoms with van der Waals surface area (Å²) in [7, 11) is 0. The highest BCUT2D eigenvalue weighted by atomic mass is 35.5. The molecule has 1 atom stereocenters. The molecule has 0 spiro atoms. The highest BCUT2D eigenvalue weighted by Crippen LogP contribution is 2.24. The quantitative estimate of drug-likeness (QED) is 0.675. The first-order valence-corrected chi connectivity index (χ1v) is 9.93. The Balaban J connectivity index is 1.32. The molecular formula is C22H21ClN2O4. The zero-order valence-electron chi connectivity index (χ0n) is 15.8. The third kappa shape index (κ3) is 4.54. The van der Waals surface area contributed by atoms with Gasteiger partial charge in [-0.25, -0.2) is 0 Å². The summed E-state index contributed by atoms with van der Waals surface area (Å²) >= 11 is 5.91. The van der Waals surface area contributed by atoms with Crippen molar-refractivity contribution < 1.29 is 18.4 Å². The molecule has 7 heteroatoms. The van der Waals surface area contributed by atoms with Crippen molar-refractivity contribution in [1.82, 2.24) is 10.2 Å². The highest BCUT2D eigenvalue weighted by Gasteiger charge is 2.29. The first kappa shape index (κ1) is 19.3. The minimum atomic E-state index is -0.242. The Bertz CT molecular complexity index is 979. The Hall–Kier alpha value is -2.99. The number of nitrogens with zero attached hydrogens (tertiary/aromatic N) is 1. The van der Waals surface area contributed by atoms with Crippen LogP contribution in [0.15, 0.2) is 63.6 Å². The van der Waals surface area contributed by atoms with Gasteiger partial charge in [0.25, 0.3) is 5.91 Å². The predicted molar refractivity (Wildman–Crippen MR) is 108 cm³/mol. The summed E-state index contributed by atoms with van der Waals surface area (Å²) in [6.07, 6.45) is 3.01. The Morgan fingerprint density at radius 3 is 2.72 bits per heavy atom. The van der Waals surface area contributed by atoms with E-state index >= 15 is 0 Å². The molecule has 1 fully saturated rings. The molecule has 1 aliphatic rings. The van der Waals surface area contributed by atoms with Crippen LogP contribution in [0.1, 0.15) is 29.2 Å². The molecule has 0 radical (unpaired) electrons. The van der Waals surface area contributed by atoms with Gasteiger partial charge in [0.15, 0.2) is 5.76 Å². The lowest BCUT2D eigenvalue weighted by molar-refractivity contribution is -0.126. The number of halogens is 1. The van der Waals surface area contributed by atoms with Gasteiger partial charge in [0.05, 0.1) is 18.7 Å². The lowest BCUT2D eigenvalue weighted by Gasteiger charge is -2.31. The monoisotopic (exact) mass is 412 g/mol. The number of hydrogen-bond acceptors (Lipinski definition) is 4. The summed E-state index contributed by atoms with van der Waals surface area (Å²) in [5.41, 5.74) is 0.923. The molecule has 0 bridgehead atoms. The second kappa shape index (κ2) is 8.57. The number of carbonyl (C=O) groups excluding carboxylic acids is 2. The number of likely N-dealkylation sites (tertiary alicyclic amines) is 1. The average Bonchev–Trinajstić information content (AvgIpc) is 3.44. The fourth-order valence-corrected chi connectivity index (χ4v) is 3.62. The molecule has 1 saturated heterocycles. The molecule has 0 aliphatic carbocycles. The lowest BCUT2D eigenvalue weighted by atomic mass is 9.97. The van der Waals surface area contributed by atoms with Crippen molar-refractivity contribution in [3.63, 3.8) is 0 Å². The molecule has 29 heavy (non-hydrogen) atoms. The highest BCUT2D eigenvalue weighted by molar-refractivity contribution is 6.30. The van der Waals surface area contributed by atoms with Gasteiger partial charge in [-0.2, -0.15) is 0 Å². The molecule has 1 aromatic carbocycles. The third-order valence-electron chi connectivity index (χ3n) is 5.04. The second-order valence-corrected chi connectivity index (χ2v) is 7.49. The minimum Gasteiger partial charge on any atom is -0.459 e. The van der Waals surface area contributed by atoms with Crippen molar-refractivity contribution in [1.29, 1.82) is 0 Å². The van der Waals surface area contributed by atoms with E-state index in [1.54, 1.807) is 29.2 Å². The zero-order chi connectivity index (χ0) is 20.2. The molecule has 6 nitrogen and oxygen atoms in total. The van der Waals surface area contributed by atoms with Crippen molar-refractivity contribution in [3.05, 3.63) is 71.3 Å². The zero-order valence-corrected chi connectivity index (χ0v) is 16.5. The molecule has 3 aromatic rings. The van der Waals surface area contributed by atoms with E-state index in [2.05, 4.69) is 5.32 Å². The summed E-state index contributed by atoms with van der Waals surface area (Å²) in [4.78, 5) is 26.7. The van der Waals surface area contributed by atoms with E-state index in [9.17, 15) is 9.59 Å². The van der Waals surface area contributed by atoms with Crippen LogP contribution < -0.4 is 5.32 Å². The van der Waals surface area contributed by atoms with Gasteiger partial charge in [-0.1, -0.05) is 11.6 Å². The van der Waals surface area contributed by atoms with Crippen LogP contribution in [0.25, 0.3) is 11.3 Å². The van der Waals surface area contributed by atoms with Gasteiger partial charge < -0.3 is 19.1 Å². The summed E-state index contributed by atoms with van der Waals surface area (Å²) < 4.78 is 11.0. The van der Waals surface area contributed by atoms with Gasteiger partial charge in [0, 0.05) is 23.7 Å². The van der Waals surface area contributed by atoms with E-state index in [1.165, 1.54) is 6.26 Å². The maximum atomic E-state index is 12.6. The number of amides is 2. The van der Waals surface area contributed by atoms with Crippen molar-refractivity contribution in [2.75, 3.05) is 13.1 Å². The normalized spacial score (nSPS) is 16.6. The Kier molecular flexibility index (Phi) is 5.71. The van der Waals surface area contributed by atoms with Crippen LogP contribution in [0.5, 0.6) is 0 Å². The van der Waals surface area contributed by atoms with E-state index in [4.69, 9.17) is 20.4 Å². The number of rotatable bonds is 5. The maximum Gasteiger partial charge on any atom is 0.289 e. The van der Waals surface area contributed by atoms with Crippen LogP contribution in [-0.2, 0) is 11.3 Å². The number of piperidine rings is 1. The summed E-state index contributed by atoms with van der Waals surface area (Å²) in [5, 5.41) is 3.59.